The van der Waals surface area contributed by atoms with E-state index in [1.165, 1.54) is 22.5 Å². The van der Waals surface area contributed by atoms with Gasteiger partial charge in [-0.25, -0.2) is 8.42 Å². The summed E-state index contributed by atoms with van der Waals surface area (Å²) in [7, 11) is -3.77. The zero-order valence-electron chi connectivity index (χ0n) is 11.9. The number of non-ortho nitro benzene ring substituents is 1. The van der Waals surface area contributed by atoms with Crippen LogP contribution < -0.4 is 0 Å². The molecule has 1 atom stereocenters. The molecule has 1 aliphatic heterocycles. The third kappa shape index (κ3) is 2.30. The lowest BCUT2D eigenvalue weighted by atomic mass is 10.2. The number of fused-ring (bicyclic) bond motifs is 1. The summed E-state index contributed by atoms with van der Waals surface area (Å²) in [5.74, 6) is 0. The molecule has 0 aliphatic carbocycles. The van der Waals surface area contributed by atoms with E-state index in [0.29, 0.717) is 13.1 Å². The van der Waals surface area contributed by atoms with Crippen LogP contribution >= 0.6 is 0 Å². The Morgan fingerprint density at radius 2 is 2.00 bits per heavy atom. The zero-order chi connectivity index (χ0) is 15.9. The van der Waals surface area contributed by atoms with Crippen molar-refractivity contribution in [2.45, 2.75) is 24.4 Å². The van der Waals surface area contributed by atoms with E-state index in [4.69, 9.17) is 0 Å². The van der Waals surface area contributed by atoms with Crippen molar-refractivity contribution in [3.05, 3.63) is 58.4 Å². The van der Waals surface area contributed by atoms with Crippen molar-refractivity contribution in [2.24, 2.45) is 0 Å². The number of hydrogen-bond acceptors (Lipinski definition) is 4. The minimum absolute atomic E-state index is 0.0476. The van der Waals surface area contributed by atoms with Crippen LogP contribution in [0.5, 0.6) is 0 Å². The molecule has 2 aromatic rings. The molecule has 7 nitrogen and oxygen atoms in total. The average molecular weight is 321 g/mol. The molecule has 1 aromatic heterocycles. The second-order valence-electron chi connectivity index (χ2n) is 5.17. The van der Waals surface area contributed by atoms with Crippen molar-refractivity contribution >= 4 is 15.7 Å². The number of benzene rings is 1. The molecular weight excluding hydrogens is 306 g/mol. The number of nitro benzene ring substituents is 1. The van der Waals surface area contributed by atoms with Crippen molar-refractivity contribution in [2.75, 3.05) is 6.54 Å². The van der Waals surface area contributed by atoms with Gasteiger partial charge in [0.05, 0.1) is 15.9 Å². The summed E-state index contributed by atoms with van der Waals surface area (Å²) in [6.45, 7) is 2.73. The lowest BCUT2D eigenvalue weighted by Crippen LogP contribution is -2.40. The van der Waals surface area contributed by atoms with Gasteiger partial charge in [-0.3, -0.25) is 10.1 Å². The largest absolute Gasteiger partial charge is 0.349 e. The summed E-state index contributed by atoms with van der Waals surface area (Å²) in [6.07, 6.45) is 1.92. The third-order valence-corrected chi connectivity index (χ3v) is 5.89. The van der Waals surface area contributed by atoms with Gasteiger partial charge in [-0.2, -0.15) is 4.31 Å². The van der Waals surface area contributed by atoms with Gasteiger partial charge < -0.3 is 4.57 Å². The van der Waals surface area contributed by atoms with Crippen LogP contribution in [0.25, 0.3) is 0 Å². The third-order valence-electron chi connectivity index (χ3n) is 3.92. The fourth-order valence-electron chi connectivity index (χ4n) is 2.78. The van der Waals surface area contributed by atoms with Gasteiger partial charge in [-0.05, 0) is 25.1 Å². The molecule has 22 heavy (non-hydrogen) atoms. The van der Waals surface area contributed by atoms with Gasteiger partial charge in [0, 0.05) is 37.1 Å². The molecule has 8 heteroatoms. The number of hydrogen-bond donors (Lipinski definition) is 0. The number of nitro groups is 1. The predicted octanol–water partition coefficient (Wildman–Crippen LogP) is 2.16. The first-order valence-corrected chi connectivity index (χ1v) is 8.26. The second kappa shape index (κ2) is 5.22. The van der Waals surface area contributed by atoms with Crippen LogP contribution in [0.3, 0.4) is 0 Å². The van der Waals surface area contributed by atoms with E-state index in [1.807, 2.05) is 29.8 Å². The maximum atomic E-state index is 12.8. The van der Waals surface area contributed by atoms with Gasteiger partial charge in [-0.15, -0.1) is 0 Å². The van der Waals surface area contributed by atoms with Crippen molar-refractivity contribution in [3.8, 4) is 0 Å². The zero-order valence-corrected chi connectivity index (χ0v) is 12.7. The van der Waals surface area contributed by atoms with E-state index in [2.05, 4.69) is 0 Å². The first-order chi connectivity index (χ1) is 10.4. The molecule has 0 spiro atoms. The van der Waals surface area contributed by atoms with Gasteiger partial charge in [0.1, 0.15) is 0 Å². The topological polar surface area (TPSA) is 85.5 Å². The molecule has 0 N–H and O–H groups in total. The van der Waals surface area contributed by atoms with Crippen LogP contribution in [0.15, 0.2) is 47.5 Å². The first kappa shape index (κ1) is 14.7. The number of nitrogens with zero attached hydrogens (tertiary/aromatic N) is 3. The van der Waals surface area contributed by atoms with E-state index in [-0.39, 0.29) is 16.6 Å². The molecule has 0 saturated carbocycles. The molecule has 2 heterocycles. The number of sulfonamides is 1. The minimum Gasteiger partial charge on any atom is -0.349 e. The smallest absolute Gasteiger partial charge is 0.270 e. The average Bonchev–Trinajstić information content (AvgIpc) is 2.97. The lowest BCUT2D eigenvalue weighted by molar-refractivity contribution is -0.385. The second-order valence-corrected chi connectivity index (χ2v) is 7.06. The SMILES string of the molecule is C[C@@H]1c2cccn2CCN1S(=O)(=O)c1cccc([N+](=O)[O-])c1. The molecule has 116 valence electrons. The Morgan fingerprint density at radius 1 is 1.23 bits per heavy atom. The van der Waals surface area contributed by atoms with Gasteiger partial charge in [-0.1, -0.05) is 6.07 Å². The summed E-state index contributed by atoms with van der Waals surface area (Å²) in [6, 6.07) is 8.63. The van der Waals surface area contributed by atoms with Crippen LogP contribution in [-0.2, 0) is 16.6 Å². The standard InChI is InChI=1S/C14H15N3O4S/c1-11-14-6-3-7-15(14)8-9-16(11)22(20,21)13-5-2-4-12(10-13)17(18)19/h2-7,10-11H,8-9H2,1H3/t11-/m1/s1. The molecule has 0 unspecified atom stereocenters. The molecule has 0 saturated heterocycles. The first-order valence-electron chi connectivity index (χ1n) is 6.82. The normalized spacial score (nSPS) is 18.9. The minimum atomic E-state index is -3.77. The highest BCUT2D eigenvalue weighted by Gasteiger charge is 2.34. The number of aromatic nitrogens is 1. The van der Waals surface area contributed by atoms with E-state index >= 15 is 0 Å². The van der Waals surface area contributed by atoms with Gasteiger partial charge >= 0.3 is 0 Å². The van der Waals surface area contributed by atoms with Crippen LogP contribution in [0.1, 0.15) is 18.7 Å². The van der Waals surface area contributed by atoms with Gasteiger partial charge in [0.25, 0.3) is 5.69 Å². The quantitative estimate of drug-likeness (QED) is 0.640. The molecule has 1 aromatic carbocycles. The Kier molecular flexibility index (Phi) is 3.50. The van der Waals surface area contributed by atoms with Crippen molar-refractivity contribution in [1.82, 2.24) is 8.87 Å². The summed E-state index contributed by atoms with van der Waals surface area (Å²) < 4.78 is 29.0. The molecule has 0 bridgehead atoms. The van der Waals surface area contributed by atoms with E-state index in [1.54, 1.807) is 0 Å². The van der Waals surface area contributed by atoms with Crippen molar-refractivity contribution in [3.63, 3.8) is 0 Å². The molecule has 0 amide bonds. The van der Waals surface area contributed by atoms with E-state index in [9.17, 15) is 18.5 Å². The van der Waals surface area contributed by atoms with Crippen LogP contribution in [0, 0.1) is 10.1 Å². The summed E-state index contributed by atoms with van der Waals surface area (Å²) in [5.41, 5.74) is 0.689. The van der Waals surface area contributed by atoms with Crippen molar-refractivity contribution in [1.29, 1.82) is 0 Å². The number of rotatable bonds is 3. The predicted molar refractivity (Wildman–Crippen MR) is 79.8 cm³/mol. The molecule has 3 rings (SSSR count). The van der Waals surface area contributed by atoms with Crippen LogP contribution in [0.4, 0.5) is 5.69 Å². The monoisotopic (exact) mass is 321 g/mol. The Hall–Kier alpha value is -2.19. The summed E-state index contributed by atoms with van der Waals surface area (Å²) in [5, 5.41) is 10.8. The fourth-order valence-corrected chi connectivity index (χ4v) is 4.42. The van der Waals surface area contributed by atoms with Crippen molar-refractivity contribution < 1.29 is 13.3 Å². The molecular formula is C14H15N3O4S. The molecule has 1 aliphatic rings. The Balaban J connectivity index is 2.01. The highest BCUT2D eigenvalue weighted by Crippen LogP contribution is 2.31. The Labute approximate surface area is 128 Å². The van der Waals surface area contributed by atoms with E-state index < -0.39 is 14.9 Å². The van der Waals surface area contributed by atoms with E-state index in [0.717, 1.165) is 11.8 Å². The van der Waals surface area contributed by atoms with Crippen LogP contribution in [0.2, 0.25) is 0 Å². The highest BCUT2D eigenvalue weighted by atomic mass is 32.2. The molecule has 0 fully saturated rings. The highest BCUT2D eigenvalue weighted by molar-refractivity contribution is 7.89. The van der Waals surface area contributed by atoms with Gasteiger partial charge in [0.2, 0.25) is 10.0 Å². The summed E-state index contributed by atoms with van der Waals surface area (Å²) in [4.78, 5) is 10.2. The lowest BCUT2D eigenvalue weighted by Gasteiger charge is -2.33. The molecule has 0 radical (unpaired) electrons. The van der Waals surface area contributed by atoms with Crippen LogP contribution in [-0.4, -0.2) is 28.8 Å². The Morgan fingerprint density at radius 3 is 2.73 bits per heavy atom. The maximum Gasteiger partial charge on any atom is 0.270 e. The Bertz CT molecular complexity index is 828. The van der Waals surface area contributed by atoms with Gasteiger partial charge in [0.15, 0.2) is 0 Å². The summed E-state index contributed by atoms with van der Waals surface area (Å²) >= 11 is 0. The fraction of sp³-hybridized carbons (Fsp3) is 0.286. The maximum absolute atomic E-state index is 12.8.